The number of aryl methyl sites for hydroxylation is 1. The summed E-state index contributed by atoms with van der Waals surface area (Å²) in [5.74, 6) is -0.189. The minimum Gasteiger partial charge on any atom is -0.871 e. The molecule has 0 amide bonds. The third-order valence-electron chi connectivity index (χ3n) is 3.56. The Bertz CT molecular complexity index is 893. The van der Waals surface area contributed by atoms with Gasteiger partial charge in [-0.25, -0.2) is 0 Å². The molecule has 0 radical (unpaired) electrons. The van der Waals surface area contributed by atoms with Crippen LogP contribution in [0.4, 0.5) is 17.1 Å². The van der Waals surface area contributed by atoms with E-state index in [9.17, 15) is 15.2 Å². The largest absolute Gasteiger partial charge is 0.871 e. The number of rotatable bonds is 4. The normalized spacial score (nSPS) is 10.5. The Labute approximate surface area is 132 Å². The van der Waals surface area contributed by atoms with Crippen molar-refractivity contribution in [3.05, 3.63) is 70.3 Å². The first-order valence-corrected chi connectivity index (χ1v) is 7.02. The van der Waals surface area contributed by atoms with Crippen LogP contribution < -0.4 is 16.0 Å². The van der Waals surface area contributed by atoms with E-state index in [0.29, 0.717) is 11.4 Å². The van der Waals surface area contributed by atoms with E-state index in [4.69, 9.17) is 0 Å². The molecule has 0 atom stereocenters. The number of anilines is 2. The Morgan fingerprint density at radius 1 is 1.00 bits per heavy atom. The van der Waals surface area contributed by atoms with Crippen molar-refractivity contribution < 1.29 is 10.0 Å². The number of fused-ring (bicyclic) bond motifs is 1. The molecule has 0 unspecified atom stereocenters. The average Bonchev–Trinajstić information content (AvgIpc) is 2.54. The van der Waals surface area contributed by atoms with Crippen LogP contribution >= 0.6 is 0 Å². The van der Waals surface area contributed by atoms with Gasteiger partial charge in [0.05, 0.1) is 10.6 Å². The van der Waals surface area contributed by atoms with Gasteiger partial charge >= 0.3 is 0 Å². The number of nitrogens with one attached hydrogen (secondary N) is 2. The first-order valence-electron chi connectivity index (χ1n) is 7.02. The lowest BCUT2D eigenvalue weighted by Crippen LogP contribution is -2.12. The quantitative estimate of drug-likeness (QED) is 0.568. The summed E-state index contributed by atoms with van der Waals surface area (Å²) in [5.41, 5.74) is 7.00. The summed E-state index contributed by atoms with van der Waals surface area (Å²) in [6.45, 7) is 1.78. The molecule has 2 N–H and O–H groups in total. The Kier molecular flexibility index (Phi) is 3.72. The van der Waals surface area contributed by atoms with Crippen LogP contribution in [-0.4, -0.2) is 4.92 Å². The van der Waals surface area contributed by atoms with Gasteiger partial charge in [0.1, 0.15) is 5.69 Å². The Morgan fingerprint density at radius 3 is 2.57 bits per heavy atom. The van der Waals surface area contributed by atoms with Crippen LogP contribution in [0.1, 0.15) is 5.56 Å². The zero-order valence-corrected chi connectivity index (χ0v) is 12.4. The van der Waals surface area contributed by atoms with Gasteiger partial charge in [0.25, 0.3) is 5.69 Å². The summed E-state index contributed by atoms with van der Waals surface area (Å²) in [6.07, 6.45) is 0. The monoisotopic (exact) mass is 308 g/mol. The zero-order valence-electron chi connectivity index (χ0n) is 12.4. The molecular formula is C17H14N3O3-. The van der Waals surface area contributed by atoms with Gasteiger partial charge in [0.15, 0.2) is 0 Å². The number of hydrogen-bond acceptors (Lipinski definition) is 5. The fourth-order valence-electron chi connectivity index (χ4n) is 2.41. The average molecular weight is 308 g/mol. The van der Waals surface area contributed by atoms with Gasteiger partial charge in [0, 0.05) is 11.5 Å². The lowest BCUT2D eigenvalue weighted by molar-refractivity contribution is -0.384. The lowest BCUT2D eigenvalue weighted by atomic mass is 10.1. The molecule has 3 rings (SSSR count). The number of nitrogens with zero attached hydrogens (tertiary/aromatic N) is 1. The topological polar surface area (TPSA) is 90.3 Å². The van der Waals surface area contributed by atoms with Gasteiger partial charge in [-0.2, -0.15) is 0 Å². The number of nitro benzene ring substituents is 1. The van der Waals surface area contributed by atoms with E-state index < -0.39 is 4.92 Å². The molecule has 0 aliphatic carbocycles. The van der Waals surface area contributed by atoms with E-state index in [1.165, 1.54) is 12.1 Å². The SMILES string of the molecule is Cc1ccc(NNc2c([O-])ccc3ccccc23)c([N+](=O)[O-])c1. The van der Waals surface area contributed by atoms with Gasteiger partial charge in [-0.1, -0.05) is 48.2 Å². The van der Waals surface area contributed by atoms with Crippen LogP contribution in [0.3, 0.4) is 0 Å². The smallest absolute Gasteiger partial charge is 0.294 e. The third kappa shape index (κ3) is 2.87. The van der Waals surface area contributed by atoms with E-state index in [1.807, 2.05) is 24.3 Å². The second kappa shape index (κ2) is 5.84. The number of nitro groups is 1. The summed E-state index contributed by atoms with van der Waals surface area (Å²) < 4.78 is 0. The molecule has 3 aromatic rings. The summed E-state index contributed by atoms with van der Waals surface area (Å²) >= 11 is 0. The molecular weight excluding hydrogens is 294 g/mol. The lowest BCUT2D eigenvalue weighted by Gasteiger charge is -2.19. The Balaban J connectivity index is 1.96. The van der Waals surface area contributed by atoms with E-state index in [2.05, 4.69) is 10.9 Å². The minimum atomic E-state index is -0.460. The first kappa shape index (κ1) is 14.6. The van der Waals surface area contributed by atoms with Crippen molar-refractivity contribution in [2.24, 2.45) is 0 Å². The predicted molar refractivity (Wildman–Crippen MR) is 88.5 cm³/mol. The van der Waals surface area contributed by atoms with Crippen molar-refractivity contribution in [3.63, 3.8) is 0 Å². The van der Waals surface area contributed by atoms with Crippen LogP contribution in [0.2, 0.25) is 0 Å². The maximum Gasteiger partial charge on any atom is 0.294 e. The fourth-order valence-corrected chi connectivity index (χ4v) is 2.41. The number of hydrogen-bond donors (Lipinski definition) is 2. The molecule has 6 heteroatoms. The van der Waals surface area contributed by atoms with E-state index in [1.54, 1.807) is 25.1 Å². The molecule has 0 spiro atoms. The standard InChI is InChI=1S/C17H15N3O3/c1-11-6-8-14(15(10-11)20(22)23)18-19-17-13-5-3-2-4-12(13)7-9-16(17)21/h2-10,18-19,21H,1H3/p-1. The van der Waals surface area contributed by atoms with Crippen LogP contribution in [0.25, 0.3) is 10.8 Å². The summed E-state index contributed by atoms with van der Waals surface area (Å²) in [6, 6.07) is 15.5. The summed E-state index contributed by atoms with van der Waals surface area (Å²) in [7, 11) is 0. The molecule has 0 saturated carbocycles. The minimum absolute atomic E-state index is 0.0508. The van der Waals surface area contributed by atoms with E-state index in [0.717, 1.165) is 16.3 Å². The van der Waals surface area contributed by atoms with Crippen molar-refractivity contribution in [2.45, 2.75) is 6.92 Å². The molecule has 23 heavy (non-hydrogen) atoms. The highest BCUT2D eigenvalue weighted by Crippen LogP contribution is 2.31. The maximum absolute atomic E-state index is 12.1. The van der Waals surface area contributed by atoms with Gasteiger partial charge in [-0.15, -0.1) is 0 Å². The molecule has 0 saturated heterocycles. The van der Waals surface area contributed by atoms with E-state index in [-0.39, 0.29) is 11.4 Å². The predicted octanol–water partition coefficient (Wildman–Crippen LogP) is 3.57. The van der Waals surface area contributed by atoms with Crippen molar-refractivity contribution >= 4 is 27.8 Å². The van der Waals surface area contributed by atoms with Crippen molar-refractivity contribution in [1.82, 2.24) is 0 Å². The van der Waals surface area contributed by atoms with Crippen molar-refractivity contribution in [3.8, 4) is 5.75 Å². The van der Waals surface area contributed by atoms with Crippen LogP contribution in [0.15, 0.2) is 54.6 Å². The first-order chi connectivity index (χ1) is 11.1. The zero-order chi connectivity index (χ0) is 16.4. The number of hydrazine groups is 1. The molecule has 116 valence electrons. The molecule has 0 fully saturated rings. The van der Waals surface area contributed by atoms with Gasteiger partial charge in [-0.3, -0.25) is 15.5 Å². The van der Waals surface area contributed by atoms with Crippen LogP contribution in [0, 0.1) is 17.0 Å². The van der Waals surface area contributed by atoms with Gasteiger partial charge in [-0.05, 0) is 23.9 Å². The Morgan fingerprint density at radius 2 is 1.78 bits per heavy atom. The second-order valence-electron chi connectivity index (χ2n) is 5.19. The summed E-state index contributed by atoms with van der Waals surface area (Å²) in [5, 5.41) is 24.9. The molecule has 0 aromatic heterocycles. The molecule has 0 aliphatic rings. The van der Waals surface area contributed by atoms with Crippen LogP contribution in [-0.2, 0) is 0 Å². The van der Waals surface area contributed by atoms with Gasteiger partial charge in [0.2, 0.25) is 0 Å². The van der Waals surface area contributed by atoms with E-state index >= 15 is 0 Å². The third-order valence-corrected chi connectivity index (χ3v) is 3.56. The Hall–Kier alpha value is -3.28. The van der Waals surface area contributed by atoms with Crippen molar-refractivity contribution in [2.75, 3.05) is 10.9 Å². The van der Waals surface area contributed by atoms with Gasteiger partial charge < -0.3 is 10.5 Å². The second-order valence-corrected chi connectivity index (χ2v) is 5.19. The number of benzene rings is 3. The fraction of sp³-hybridized carbons (Fsp3) is 0.0588. The van der Waals surface area contributed by atoms with Crippen molar-refractivity contribution in [1.29, 1.82) is 0 Å². The highest BCUT2D eigenvalue weighted by Gasteiger charge is 2.13. The molecule has 3 aromatic carbocycles. The molecule has 0 heterocycles. The maximum atomic E-state index is 12.1. The van der Waals surface area contributed by atoms with Crippen LogP contribution in [0.5, 0.6) is 5.75 Å². The molecule has 0 aliphatic heterocycles. The molecule has 6 nitrogen and oxygen atoms in total. The molecule has 0 bridgehead atoms. The highest BCUT2D eigenvalue weighted by atomic mass is 16.6. The summed E-state index contributed by atoms with van der Waals surface area (Å²) in [4.78, 5) is 10.7. The highest BCUT2D eigenvalue weighted by molar-refractivity contribution is 5.97.